The van der Waals surface area contributed by atoms with Crippen LogP contribution in [0.3, 0.4) is 0 Å². The zero-order valence-electron chi connectivity index (χ0n) is 15.5. The molecule has 3 heterocycles. The summed E-state index contributed by atoms with van der Waals surface area (Å²) in [5, 5.41) is 9.23. The predicted molar refractivity (Wildman–Crippen MR) is 107 cm³/mol. The van der Waals surface area contributed by atoms with Crippen LogP contribution in [0.5, 0.6) is 0 Å². The molecule has 148 valence electrons. The van der Waals surface area contributed by atoms with Gasteiger partial charge in [0.2, 0.25) is 10.0 Å². The van der Waals surface area contributed by atoms with Crippen molar-refractivity contribution in [2.24, 2.45) is 0 Å². The minimum atomic E-state index is -3.53. The minimum absolute atomic E-state index is 0.167. The van der Waals surface area contributed by atoms with Crippen LogP contribution >= 0.6 is 11.3 Å². The molecule has 1 fully saturated rings. The highest BCUT2D eigenvalue weighted by Crippen LogP contribution is 2.33. The van der Waals surface area contributed by atoms with Gasteiger partial charge in [0, 0.05) is 25.2 Å². The van der Waals surface area contributed by atoms with Gasteiger partial charge in [-0.25, -0.2) is 13.4 Å². The Labute approximate surface area is 167 Å². The van der Waals surface area contributed by atoms with Crippen molar-refractivity contribution < 1.29 is 18.3 Å². The smallest absolute Gasteiger partial charge is 0.323 e. The average Bonchev–Trinajstić information content (AvgIpc) is 3.38. The first kappa shape index (κ1) is 19.1. The summed E-state index contributed by atoms with van der Waals surface area (Å²) >= 11 is 1.45. The van der Waals surface area contributed by atoms with Gasteiger partial charge in [-0.15, -0.1) is 11.3 Å². The average molecular weight is 420 g/mol. The summed E-state index contributed by atoms with van der Waals surface area (Å²) in [7, 11) is -3.53. The molecule has 0 unspecified atom stereocenters. The van der Waals surface area contributed by atoms with Gasteiger partial charge in [0.25, 0.3) is 0 Å². The quantitative estimate of drug-likeness (QED) is 0.663. The van der Waals surface area contributed by atoms with Crippen LogP contribution < -0.4 is 0 Å². The second-order valence-electron chi connectivity index (χ2n) is 6.94. The number of carbonyl (C=O) groups is 1. The van der Waals surface area contributed by atoms with Crippen molar-refractivity contribution in [3.63, 3.8) is 0 Å². The molecular weight excluding hydrogens is 398 g/mol. The van der Waals surface area contributed by atoms with Crippen molar-refractivity contribution in [1.29, 1.82) is 0 Å². The molecule has 0 aliphatic carbocycles. The normalized spacial score (nSPS) is 15.5. The fourth-order valence-electron chi connectivity index (χ4n) is 3.82. The van der Waals surface area contributed by atoms with Crippen molar-refractivity contribution in [3.8, 4) is 0 Å². The molecule has 9 heteroatoms. The fourth-order valence-corrected chi connectivity index (χ4v) is 6.45. The second kappa shape index (κ2) is 7.31. The third kappa shape index (κ3) is 3.23. The van der Waals surface area contributed by atoms with E-state index in [0.29, 0.717) is 30.1 Å². The highest BCUT2D eigenvalue weighted by Gasteiger charge is 2.29. The van der Waals surface area contributed by atoms with Crippen LogP contribution in [0.2, 0.25) is 0 Å². The summed E-state index contributed by atoms with van der Waals surface area (Å²) < 4.78 is 30.4. The number of sulfonamides is 1. The van der Waals surface area contributed by atoms with E-state index in [1.54, 1.807) is 26.5 Å². The number of thiazole rings is 1. The van der Waals surface area contributed by atoms with Crippen LogP contribution in [-0.4, -0.2) is 46.4 Å². The molecule has 1 aliphatic rings. The van der Waals surface area contributed by atoms with Gasteiger partial charge >= 0.3 is 5.97 Å². The molecule has 1 N–H and O–H groups in total. The maximum atomic E-state index is 13.1. The van der Waals surface area contributed by atoms with Crippen molar-refractivity contribution >= 4 is 37.7 Å². The summed E-state index contributed by atoms with van der Waals surface area (Å²) in [5.41, 5.74) is 4.80. The SMILES string of the molecule is Cc1c(Cc2ccccc2S(=O)(=O)N2CCCC2)c2scnc2n1CC(=O)O. The highest BCUT2D eigenvalue weighted by molar-refractivity contribution is 7.89. The Hall–Kier alpha value is -2.23. The molecule has 28 heavy (non-hydrogen) atoms. The zero-order valence-corrected chi connectivity index (χ0v) is 17.1. The zero-order chi connectivity index (χ0) is 19.9. The van der Waals surface area contributed by atoms with E-state index < -0.39 is 16.0 Å². The number of aromatic nitrogens is 2. The van der Waals surface area contributed by atoms with Crippen LogP contribution in [0, 0.1) is 6.92 Å². The summed E-state index contributed by atoms with van der Waals surface area (Å²) in [4.78, 5) is 15.9. The van der Waals surface area contributed by atoms with E-state index >= 15 is 0 Å². The Morgan fingerprint density at radius 2 is 1.96 bits per heavy atom. The fraction of sp³-hybridized carbons (Fsp3) is 0.368. The molecule has 0 radical (unpaired) electrons. The molecule has 3 aromatic rings. The third-order valence-corrected chi connectivity index (χ3v) is 8.11. The van der Waals surface area contributed by atoms with Gasteiger partial charge in [-0.1, -0.05) is 18.2 Å². The lowest BCUT2D eigenvalue weighted by molar-refractivity contribution is -0.137. The molecule has 0 amide bonds. The van der Waals surface area contributed by atoms with Crippen molar-refractivity contribution in [1.82, 2.24) is 13.9 Å². The Bertz CT molecular complexity index is 1140. The molecule has 1 aliphatic heterocycles. The molecule has 4 rings (SSSR count). The van der Waals surface area contributed by atoms with Gasteiger partial charge in [-0.05, 0) is 37.0 Å². The molecule has 1 saturated heterocycles. The summed E-state index contributed by atoms with van der Waals surface area (Å²) in [6.07, 6.45) is 2.19. The van der Waals surface area contributed by atoms with Gasteiger partial charge in [0.05, 0.1) is 15.1 Å². The number of aliphatic carboxylic acids is 1. The largest absolute Gasteiger partial charge is 0.480 e. The number of carboxylic acid groups (broad SMARTS) is 1. The van der Waals surface area contributed by atoms with E-state index in [1.807, 2.05) is 19.1 Å². The van der Waals surface area contributed by atoms with E-state index in [4.69, 9.17) is 0 Å². The molecular formula is C19H21N3O4S2. The number of carboxylic acids is 1. The van der Waals surface area contributed by atoms with Gasteiger partial charge in [0.15, 0.2) is 5.65 Å². The lowest BCUT2D eigenvalue weighted by Gasteiger charge is -2.18. The van der Waals surface area contributed by atoms with E-state index in [9.17, 15) is 18.3 Å². The van der Waals surface area contributed by atoms with Gasteiger partial charge < -0.3 is 9.67 Å². The summed E-state index contributed by atoms with van der Waals surface area (Å²) in [5.74, 6) is -0.934. The Balaban J connectivity index is 1.78. The molecule has 2 aromatic heterocycles. The first-order valence-corrected chi connectivity index (χ1v) is 11.4. The number of benzene rings is 1. The molecule has 7 nitrogen and oxygen atoms in total. The minimum Gasteiger partial charge on any atom is -0.480 e. The number of rotatable bonds is 6. The van der Waals surface area contributed by atoms with Crippen LogP contribution in [0.1, 0.15) is 29.7 Å². The van der Waals surface area contributed by atoms with Gasteiger partial charge in [-0.3, -0.25) is 4.79 Å². The van der Waals surface area contributed by atoms with E-state index in [2.05, 4.69) is 4.98 Å². The molecule has 1 aromatic carbocycles. The second-order valence-corrected chi connectivity index (χ2v) is 9.71. The molecule has 0 bridgehead atoms. The first-order chi connectivity index (χ1) is 13.4. The number of hydrogen-bond acceptors (Lipinski definition) is 5. The number of fused-ring (bicyclic) bond motifs is 1. The number of nitrogens with zero attached hydrogens (tertiary/aromatic N) is 3. The molecule has 0 spiro atoms. The van der Waals surface area contributed by atoms with Crippen LogP contribution in [0.15, 0.2) is 34.7 Å². The highest BCUT2D eigenvalue weighted by atomic mass is 32.2. The monoisotopic (exact) mass is 419 g/mol. The van der Waals surface area contributed by atoms with E-state index in [-0.39, 0.29) is 6.54 Å². The van der Waals surface area contributed by atoms with Gasteiger partial charge in [-0.2, -0.15) is 4.31 Å². The maximum absolute atomic E-state index is 13.1. The Morgan fingerprint density at radius 3 is 2.68 bits per heavy atom. The topological polar surface area (TPSA) is 92.5 Å². The predicted octanol–water partition coefficient (Wildman–Crippen LogP) is 2.87. The van der Waals surface area contributed by atoms with Crippen molar-refractivity contribution in [2.45, 2.75) is 37.6 Å². The third-order valence-electron chi connectivity index (χ3n) is 5.24. The Morgan fingerprint density at radius 1 is 1.25 bits per heavy atom. The Kier molecular flexibility index (Phi) is 4.98. The standard InChI is InChI=1S/C19H21N3O4S2/c1-13-15(18-19(20-12-27-18)22(13)11-17(23)24)10-14-6-2-3-7-16(14)28(25,26)21-8-4-5-9-21/h2-3,6-7,12H,4-5,8-11H2,1H3,(H,23,24). The van der Waals surface area contributed by atoms with Crippen molar-refractivity contribution in [2.75, 3.05) is 13.1 Å². The summed E-state index contributed by atoms with van der Waals surface area (Å²) in [6, 6.07) is 7.09. The number of hydrogen-bond donors (Lipinski definition) is 1. The van der Waals surface area contributed by atoms with Crippen LogP contribution in [-0.2, 0) is 27.8 Å². The molecule has 0 atom stereocenters. The molecule has 0 saturated carbocycles. The van der Waals surface area contributed by atoms with Crippen molar-refractivity contribution in [3.05, 3.63) is 46.6 Å². The van der Waals surface area contributed by atoms with E-state index in [0.717, 1.165) is 34.4 Å². The lowest BCUT2D eigenvalue weighted by atomic mass is 10.1. The maximum Gasteiger partial charge on any atom is 0.323 e. The summed E-state index contributed by atoms with van der Waals surface area (Å²) in [6.45, 7) is 2.82. The van der Waals surface area contributed by atoms with Crippen LogP contribution in [0.4, 0.5) is 0 Å². The van der Waals surface area contributed by atoms with Crippen LogP contribution in [0.25, 0.3) is 10.3 Å². The lowest BCUT2D eigenvalue weighted by Crippen LogP contribution is -2.28. The van der Waals surface area contributed by atoms with Gasteiger partial charge in [0.1, 0.15) is 6.54 Å². The first-order valence-electron chi connectivity index (χ1n) is 9.10. The van der Waals surface area contributed by atoms with E-state index in [1.165, 1.54) is 11.3 Å².